The predicted octanol–water partition coefficient (Wildman–Crippen LogP) is 3.30. The fourth-order valence-corrected chi connectivity index (χ4v) is 3.99. The Bertz CT molecular complexity index is 1160. The average Bonchev–Trinajstić information content (AvgIpc) is 3.33. The van der Waals surface area contributed by atoms with Crippen molar-refractivity contribution in [1.29, 1.82) is 0 Å². The van der Waals surface area contributed by atoms with Crippen LogP contribution in [0.3, 0.4) is 0 Å². The number of furan rings is 1. The molecule has 1 unspecified atom stereocenters. The number of aryl methyl sites for hydroxylation is 1. The number of rotatable bonds is 3. The molecule has 1 aliphatic heterocycles. The van der Waals surface area contributed by atoms with Crippen LogP contribution in [-0.4, -0.2) is 26.4 Å². The molecule has 0 aliphatic carbocycles. The van der Waals surface area contributed by atoms with Crippen LogP contribution < -0.4 is 5.56 Å². The molecule has 2 N–H and O–H groups in total. The van der Waals surface area contributed by atoms with Crippen LogP contribution in [0.15, 0.2) is 58.2 Å². The van der Waals surface area contributed by atoms with Gasteiger partial charge in [-0.1, -0.05) is 11.6 Å². The largest absolute Gasteiger partial charge is 0.468 e. The lowest BCUT2D eigenvalue weighted by Gasteiger charge is -2.34. The van der Waals surface area contributed by atoms with Gasteiger partial charge < -0.3 is 14.4 Å². The van der Waals surface area contributed by atoms with Crippen molar-refractivity contribution in [3.05, 3.63) is 87.6 Å². The molecule has 0 spiro atoms. The molecule has 0 fully saturated rings. The number of aromatic nitrogens is 3. The molecule has 1 aliphatic rings. The topological polar surface area (TPSA) is 77.9 Å². The van der Waals surface area contributed by atoms with Gasteiger partial charge in [-0.25, -0.2) is 4.98 Å². The first kappa shape index (κ1) is 16.1. The van der Waals surface area contributed by atoms with E-state index in [4.69, 9.17) is 4.42 Å². The lowest BCUT2D eigenvalue weighted by Crippen LogP contribution is -2.38. The molecule has 0 amide bonds. The van der Waals surface area contributed by atoms with Crippen molar-refractivity contribution in [1.82, 2.24) is 19.9 Å². The van der Waals surface area contributed by atoms with E-state index in [1.165, 1.54) is 0 Å². The van der Waals surface area contributed by atoms with Crippen LogP contribution in [-0.2, 0) is 13.0 Å². The van der Waals surface area contributed by atoms with Crippen molar-refractivity contribution in [2.24, 2.45) is 0 Å². The average molecular weight is 360 g/mol. The molecule has 4 aromatic rings. The molecule has 6 heteroatoms. The van der Waals surface area contributed by atoms with E-state index in [-0.39, 0.29) is 11.6 Å². The number of imidazole rings is 1. The van der Waals surface area contributed by atoms with Crippen LogP contribution in [0.1, 0.15) is 34.3 Å². The third kappa shape index (κ3) is 2.78. The molecule has 1 aromatic carbocycles. The lowest BCUT2D eigenvalue weighted by molar-refractivity contribution is 0.184. The van der Waals surface area contributed by atoms with Gasteiger partial charge in [0.1, 0.15) is 5.76 Å². The third-order valence-electron chi connectivity index (χ3n) is 5.29. The van der Waals surface area contributed by atoms with E-state index in [2.05, 4.69) is 32.8 Å². The summed E-state index contributed by atoms with van der Waals surface area (Å²) in [5.74, 6) is 0.882. The minimum Gasteiger partial charge on any atom is -0.468 e. The number of nitrogens with one attached hydrogen (secondary N) is 2. The Morgan fingerprint density at radius 1 is 1.30 bits per heavy atom. The Labute approximate surface area is 155 Å². The molecular formula is C21H20N4O2. The first-order chi connectivity index (χ1) is 13.2. The maximum Gasteiger partial charge on any atom is 0.253 e. The zero-order chi connectivity index (χ0) is 18.4. The van der Waals surface area contributed by atoms with Gasteiger partial charge in [0.05, 0.1) is 30.9 Å². The van der Waals surface area contributed by atoms with E-state index >= 15 is 0 Å². The highest BCUT2D eigenvalue weighted by molar-refractivity contribution is 5.79. The van der Waals surface area contributed by atoms with Gasteiger partial charge in [-0.05, 0) is 42.6 Å². The summed E-state index contributed by atoms with van der Waals surface area (Å²) >= 11 is 0. The second-order valence-corrected chi connectivity index (χ2v) is 7.11. The van der Waals surface area contributed by atoms with Gasteiger partial charge in [-0.3, -0.25) is 9.69 Å². The number of H-pyrrole nitrogens is 2. The van der Waals surface area contributed by atoms with Gasteiger partial charge in [0.15, 0.2) is 0 Å². The molecular weight excluding hydrogens is 340 g/mol. The van der Waals surface area contributed by atoms with Gasteiger partial charge in [-0.2, -0.15) is 0 Å². The van der Waals surface area contributed by atoms with Crippen molar-refractivity contribution in [3.63, 3.8) is 0 Å². The first-order valence-corrected chi connectivity index (χ1v) is 9.11. The fourth-order valence-electron chi connectivity index (χ4n) is 3.99. The second kappa shape index (κ2) is 6.25. The second-order valence-electron chi connectivity index (χ2n) is 7.11. The maximum absolute atomic E-state index is 13.0. The molecule has 6 nitrogen and oxygen atoms in total. The van der Waals surface area contributed by atoms with Crippen molar-refractivity contribution < 1.29 is 4.42 Å². The van der Waals surface area contributed by atoms with E-state index in [0.29, 0.717) is 12.1 Å². The van der Waals surface area contributed by atoms with Crippen LogP contribution in [0.4, 0.5) is 0 Å². The van der Waals surface area contributed by atoms with E-state index in [9.17, 15) is 4.79 Å². The Kier molecular flexibility index (Phi) is 3.72. The monoisotopic (exact) mass is 360 g/mol. The van der Waals surface area contributed by atoms with Gasteiger partial charge in [-0.15, -0.1) is 0 Å². The molecule has 136 valence electrons. The van der Waals surface area contributed by atoms with E-state index in [1.807, 2.05) is 30.3 Å². The molecule has 0 saturated heterocycles. The summed E-state index contributed by atoms with van der Waals surface area (Å²) < 4.78 is 5.55. The highest BCUT2D eigenvalue weighted by Crippen LogP contribution is 2.33. The molecule has 0 radical (unpaired) electrons. The Hall–Kier alpha value is -3.12. The van der Waals surface area contributed by atoms with E-state index in [1.54, 1.807) is 12.6 Å². The Morgan fingerprint density at radius 2 is 2.22 bits per heavy atom. The van der Waals surface area contributed by atoms with Gasteiger partial charge in [0.25, 0.3) is 5.56 Å². The molecule has 0 bridgehead atoms. The minimum absolute atomic E-state index is 0.0725. The van der Waals surface area contributed by atoms with Crippen molar-refractivity contribution >= 4 is 10.9 Å². The maximum atomic E-state index is 13.0. The summed E-state index contributed by atoms with van der Waals surface area (Å²) in [5.41, 5.74) is 4.68. The van der Waals surface area contributed by atoms with Crippen LogP contribution in [0, 0.1) is 6.92 Å². The van der Waals surface area contributed by atoms with Gasteiger partial charge in [0.2, 0.25) is 0 Å². The molecule has 0 saturated carbocycles. The molecule has 5 rings (SSSR count). The quantitative estimate of drug-likeness (QED) is 0.588. The summed E-state index contributed by atoms with van der Waals surface area (Å²) in [5, 5.41) is 1.03. The third-order valence-corrected chi connectivity index (χ3v) is 5.29. The van der Waals surface area contributed by atoms with Gasteiger partial charge in [0, 0.05) is 29.7 Å². The summed E-state index contributed by atoms with van der Waals surface area (Å²) in [4.78, 5) is 26.0. The molecule has 27 heavy (non-hydrogen) atoms. The number of nitrogens with zero attached hydrogens (tertiary/aromatic N) is 2. The van der Waals surface area contributed by atoms with Crippen molar-refractivity contribution in [2.75, 3.05) is 6.54 Å². The van der Waals surface area contributed by atoms with Crippen LogP contribution in [0.5, 0.6) is 0 Å². The standard InChI is InChI=1S/C21H20N4O2/c1-13-4-5-17-14(9-13)10-16(21(26)24-17)20-19-18(22-12-23-19)6-7-25(20)11-15-3-2-8-27-15/h2-5,8-10,12,20H,6-7,11H2,1H3,(H,22,23)(H,24,26). The number of benzene rings is 1. The molecule has 4 heterocycles. The lowest BCUT2D eigenvalue weighted by atomic mass is 9.95. The number of aromatic amines is 2. The van der Waals surface area contributed by atoms with E-state index in [0.717, 1.165) is 46.6 Å². The highest BCUT2D eigenvalue weighted by Gasteiger charge is 2.33. The molecule has 1 atom stereocenters. The van der Waals surface area contributed by atoms with Crippen LogP contribution in [0.2, 0.25) is 0 Å². The Balaban J connectivity index is 1.66. The fraction of sp³-hybridized carbons (Fsp3) is 0.238. The first-order valence-electron chi connectivity index (χ1n) is 9.11. The van der Waals surface area contributed by atoms with Crippen molar-refractivity contribution in [2.45, 2.75) is 25.9 Å². The van der Waals surface area contributed by atoms with Crippen molar-refractivity contribution in [3.8, 4) is 0 Å². The summed E-state index contributed by atoms with van der Waals surface area (Å²) in [6, 6.07) is 11.7. The molecule has 3 aromatic heterocycles. The summed E-state index contributed by atoms with van der Waals surface area (Å²) in [7, 11) is 0. The number of hydrogen-bond acceptors (Lipinski definition) is 4. The zero-order valence-electron chi connectivity index (χ0n) is 15.0. The predicted molar refractivity (Wildman–Crippen MR) is 103 cm³/mol. The smallest absolute Gasteiger partial charge is 0.253 e. The Morgan fingerprint density at radius 3 is 3.07 bits per heavy atom. The SMILES string of the molecule is Cc1ccc2[nH]c(=O)c(C3c4nc[nH]c4CCN3Cc3ccco3)cc2c1. The number of fused-ring (bicyclic) bond motifs is 2. The van der Waals surface area contributed by atoms with Crippen LogP contribution in [0.25, 0.3) is 10.9 Å². The summed E-state index contributed by atoms with van der Waals surface area (Å²) in [6.45, 7) is 3.51. The zero-order valence-corrected chi connectivity index (χ0v) is 15.0. The van der Waals surface area contributed by atoms with Crippen LogP contribution >= 0.6 is 0 Å². The summed E-state index contributed by atoms with van der Waals surface area (Å²) in [6.07, 6.45) is 4.27. The number of hydrogen-bond donors (Lipinski definition) is 2. The number of pyridine rings is 1. The minimum atomic E-state index is -0.209. The van der Waals surface area contributed by atoms with E-state index < -0.39 is 0 Å². The van der Waals surface area contributed by atoms with Gasteiger partial charge >= 0.3 is 0 Å². The normalized spacial score (nSPS) is 17.3. The highest BCUT2D eigenvalue weighted by atomic mass is 16.3.